The molecule has 0 amide bonds. The molecule has 3 heteroatoms. The highest BCUT2D eigenvalue weighted by atomic mass is 35.5. The average molecular weight is 197 g/mol. The van der Waals surface area contributed by atoms with E-state index in [1.54, 1.807) is 0 Å². The van der Waals surface area contributed by atoms with Crippen LogP contribution in [0.3, 0.4) is 0 Å². The van der Waals surface area contributed by atoms with Gasteiger partial charge in [-0.15, -0.1) is 11.6 Å². The Kier molecular flexibility index (Phi) is 2.69. The first-order valence-electron chi connectivity index (χ1n) is 4.65. The van der Waals surface area contributed by atoms with E-state index in [1.165, 1.54) is 12.1 Å². The molecule has 2 nitrogen and oxygen atoms in total. The van der Waals surface area contributed by atoms with E-state index in [-0.39, 0.29) is 0 Å². The molecule has 1 aromatic heterocycles. The fourth-order valence-electron chi connectivity index (χ4n) is 1.71. The predicted molar refractivity (Wildman–Crippen MR) is 55.3 cm³/mol. The molecule has 1 aliphatic heterocycles. The van der Waals surface area contributed by atoms with Crippen LogP contribution in [-0.4, -0.2) is 23.5 Å². The zero-order valence-electron chi connectivity index (χ0n) is 7.49. The first-order chi connectivity index (χ1) is 6.36. The number of pyridine rings is 1. The SMILES string of the molecule is ClC1CCCN(c2ccncc2)C1. The zero-order valence-corrected chi connectivity index (χ0v) is 8.24. The first-order valence-corrected chi connectivity index (χ1v) is 5.09. The van der Waals surface area contributed by atoms with Crippen molar-refractivity contribution in [3.8, 4) is 0 Å². The Morgan fingerprint density at radius 2 is 2.15 bits per heavy atom. The van der Waals surface area contributed by atoms with Gasteiger partial charge in [-0.1, -0.05) is 0 Å². The van der Waals surface area contributed by atoms with E-state index in [0.717, 1.165) is 19.5 Å². The van der Waals surface area contributed by atoms with Crippen LogP contribution >= 0.6 is 11.6 Å². The lowest BCUT2D eigenvalue weighted by Crippen LogP contribution is -2.35. The molecule has 0 saturated carbocycles. The summed E-state index contributed by atoms with van der Waals surface area (Å²) in [6.07, 6.45) is 5.99. The second-order valence-electron chi connectivity index (χ2n) is 3.39. The third-order valence-electron chi connectivity index (χ3n) is 2.39. The van der Waals surface area contributed by atoms with Crippen molar-refractivity contribution in [1.29, 1.82) is 0 Å². The van der Waals surface area contributed by atoms with Crippen LogP contribution in [0.25, 0.3) is 0 Å². The number of piperidine rings is 1. The molecule has 0 radical (unpaired) electrons. The van der Waals surface area contributed by atoms with Crippen LogP contribution in [0, 0.1) is 0 Å². The van der Waals surface area contributed by atoms with Gasteiger partial charge in [0.2, 0.25) is 0 Å². The van der Waals surface area contributed by atoms with Gasteiger partial charge in [0.05, 0.1) is 5.38 Å². The fourth-order valence-corrected chi connectivity index (χ4v) is 2.04. The number of halogens is 1. The van der Waals surface area contributed by atoms with Crippen molar-refractivity contribution in [3.05, 3.63) is 24.5 Å². The van der Waals surface area contributed by atoms with Crippen molar-refractivity contribution in [2.45, 2.75) is 18.2 Å². The van der Waals surface area contributed by atoms with Crippen molar-refractivity contribution < 1.29 is 0 Å². The molecule has 1 atom stereocenters. The molecular weight excluding hydrogens is 184 g/mol. The molecule has 1 fully saturated rings. The second-order valence-corrected chi connectivity index (χ2v) is 4.01. The third kappa shape index (κ3) is 2.13. The quantitative estimate of drug-likeness (QED) is 0.641. The largest absolute Gasteiger partial charge is 0.370 e. The molecule has 1 aliphatic rings. The lowest BCUT2D eigenvalue weighted by molar-refractivity contribution is 0.584. The van der Waals surface area contributed by atoms with Gasteiger partial charge in [-0.3, -0.25) is 4.98 Å². The van der Waals surface area contributed by atoms with Gasteiger partial charge in [0.25, 0.3) is 0 Å². The number of anilines is 1. The summed E-state index contributed by atoms with van der Waals surface area (Å²) in [4.78, 5) is 6.32. The molecule has 0 spiro atoms. The van der Waals surface area contributed by atoms with Gasteiger partial charge in [0.1, 0.15) is 0 Å². The van der Waals surface area contributed by atoms with Crippen molar-refractivity contribution in [3.63, 3.8) is 0 Å². The summed E-state index contributed by atoms with van der Waals surface area (Å²) in [6.45, 7) is 2.08. The molecule has 0 aromatic carbocycles. The number of hydrogen-bond donors (Lipinski definition) is 0. The van der Waals surface area contributed by atoms with Gasteiger partial charge in [0.15, 0.2) is 0 Å². The third-order valence-corrected chi connectivity index (χ3v) is 2.75. The Labute approximate surface area is 83.5 Å². The lowest BCUT2D eigenvalue weighted by Gasteiger charge is -2.31. The van der Waals surface area contributed by atoms with Crippen molar-refractivity contribution >= 4 is 17.3 Å². The van der Waals surface area contributed by atoms with Gasteiger partial charge >= 0.3 is 0 Å². The van der Waals surface area contributed by atoms with Crippen LogP contribution in [0.1, 0.15) is 12.8 Å². The maximum Gasteiger partial charge on any atom is 0.0511 e. The minimum atomic E-state index is 0.307. The van der Waals surface area contributed by atoms with E-state index in [2.05, 4.69) is 9.88 Å². The Morgan fingerprint density at radius 3 is 2.85 bits per heavy atom. The summed E-state index contributed by atoms with van der Waals surface area (Å²) in [5.41, 5.74) is 1.24. The molecule has 0 N–H and O–H groups in total. The second kappa shape index (κ2) is 3.97. The van der Waals surface area contributed by atoms with Crippen LogP contribution in [0.4, 0.5) is 5.69 Å². The van der Waals surface area contributed by atoms with E-state index >= 15 is 0 Å². The summed E-state index contributed by atoms with van der Waals surface area (Å²) >= 11 is 6.10. The number of hydrogen-bond acceptors (Lipinski definition) is 2. The summed E-state index contributed by atoms with van der Waals surface area (Å²) in [5, 5.41) is 0.307. The van der Waals surface area contributed by atoms with Gasteiger partial charge < -0.3 is 4.90 Å². The summed E-state index contributed by atoms with van der Waals surface area (Å²) in [5.74, 6) is 0. The molecule has 13 heavy (non-hydrogen) atoms. The van der Waals surface area contributed by atoms with Crippen LogP contribution in [0.5, 0.6) is 0 Å². The van der Waals surface area contributed by atoms with Crippen LogP contribution < -0.4 is 4.90 Å². The van der Waals surface area contributed by atoms with Crippen LogP contribution in [0.2, 0.25) is 0 Å². The van der Waals surface area contributed by atoms with Crippen LogP contribution in [-0.2, 0) is 0 Å². The smallest absolute Gasteiger partial charge is 0.0511 e. The Hall–Kier alpha value is -0.760. The maximum atomic E-state index is 6.10. The molecule has 0 bridgehead atoms. The van der Waals surface area contributed by atoms with Gasteiger partial charge in [-0.05, 0) is 25.0 Å². The van der Waals surface area contributed by atoms with Crippen molar-refractivity contribution in [2.24, 2.45) is 0 Å². The molecule has 2 heterocycles. The normalized spacial score (nSPS) is 23.2. The Balaban J connectivity index is 2.08. The van der Waals surface area contributed by atoms with E-state index in [0.29, 0.717) is 5.38 Å². The first kappa shape index (κ1) is 8.82. The minimum absolute atomic E-state index is 0.307. The van der Waals surface area contributed by atoms with E-state index in [1.807, 2.05) is 24.5 Å². The number of nitrogens with zero attached hydrogens (tertiary/aromatic N) is 2. The maximum absolute atomic E-state index is 6.10. The van der Waals surface area contributed by atoms with Gasteiger partial charge in [0, 0.05) is 31.2 Å². The molecule has 2 rings (SSSR count). The summed E-state index contributed by atoms with van der Waals surface area (Å²) in [6, 6.07) is 4.07. The lowest BCUT2D eigenvalue weighted by atomic mass is 10.1. The molecule has 1 aromatic rings. The molecule has 70 valence electrons. The fraction of sp³-hybridized carbons (Fsp3) is 0.500. The highest BCUT2D eigenvalue weighted by molar-refractivity contribution is 6.21. The van der Waals surface area contributed by atoms with Crippen molar-refractivity contribution in [2.75, 3.05) is 18.0 Å². The Morgan fingerprint density at radius 1 is 1.38 bits per heavy atom. The number of aromatic nitrogens is 1. The Bertz CT molecular complexity index is 263. The highest BCUT2D eigenvalue weighted by Crippen LogP contribution is 2.21. The monoisotopic (exact) mass is 196 g/mol. The molecular formula is C10H13ClN2. The van der Waals surface area contributed by atoms with Gasteiger partial charge in [-0.25, -0.2) is 0 Å². The van der Waals surface area contributed by atoms with Gasteiger partial charge in [-0.2, -0.15) is 0 Å². The molecule has 1 unspecified atom stereocenters. The standard InChI is InChI=1S/C10H13ClN2/c11-9-2-1-7-13(8-9)10-3-5-12-6-4-10/h3-6,9H,1-2,7-8H2. The molecule has 1 saturated heterocycles. The topological polar surface area (TPSA) is 16.1 Å². The number of rotatable bonds is 1. The minimum Gasteiger partial charge on any atom is -0.370 e. The highest BCUT2D eigenvalue weighted by Gasteiger charge is 2.17. The van der Waals surface area contributed by atoms with Crippen LogP contribution in [0.15, 0.2) is 24.5 Å². The van der Waals surface area contributed by atoms with E-state index in [9.17, 15) is 0 Å². The zero-order chi connectivity index (χ0) is 9.10. The average Bonchev–Trinajstić information content (AvgIpc) is 2.19. The predicted octanol–water partition coefficient (Wildman–Crippen LogP) is 2.29. The summed E-state index contributed by atoms with van der Waals surface area (Å²) in [7, 11) is 0. The van der Waals surface area contributed by atoms with E-state index < -0.39 is 0 Å². The molecule has 0 aliphatic carbocycles. The summed E-state index contributed by atoms with van der Waals surface area (Å²) < 4.78 is 0. The number of alkyl halides is 1. The van der Waals surface area contributed by atoms with E-state index in [4.69, 9.17) is 11.6 Å². The van der Waals surface area contributed by atoms with Crippen molar-refractivity contribution in [1.82, 2.24) is 4.98 Å².